The molecule has 1 aromatic heterocycles. The Balaban J connectivity index is 1.61. The van der Waals surface area contributed by atoms with Crippen LogP contribution >= 0.6 is 15.9 Å². The highest BCUT2D eigenvalue weighted by Crippen LogP contribution is 2.21. The van der Waals surface area contributed by atoms with Crippen LogP contribution in [0, 0.1) is 13.8 Å². The van der Waals surface area contributed by atoms with Crippen molar-refractivity contribution in [3.63, 3.8) is 0 Å². The molecule has 4 nitrogen and oxygen atoms in total. The number of esters is 1. The predicted molar refractivity (Wildman–Crippen MR) is 105 cm³/mol. The lowest BCUT2D eigenvalue weighted by Gasteiger charge is -2.10. The molecule has 3 aromatic rings. The van der Waals surface area contributed by atoms with Crippen molar-refractivity contribution in [2.24, 2.45) is 0 Å². The summed E-state index contributed by atoms with van der Waals surface area (Å²) in [6.45, 7) is 4.41. The van der Waals surface area contributed by atoms with Crippen LogP contribution in [0.2, 0.25) is 0 Å². The first-order chi connectivity index (χ1) is 12.6. The number of carbonyl (C=O) groups excluding carboxylic acids is 1. The van der Waals surface area contributed by atoms with E-state index in [0.717, 1.165) is 27.3 Å². The highest BCUT2D eigenvalue weighted by Gasteiger charge is 2.17. The molecule has 0 spiro atoms. The lowest BCUT2D eigenvalue weighted by Crippen LogP contribution is -2.13. The molecule has 2 aromatic carbocycles. The minimum Gasteiger partial charge on any atom is -0.490 e. The number of aromatic nitrogens is 1. The molecule has 0 saturated carbocycles. The number of carbonyl (C=O) groups is 1. The van der Waals surface area contributed by atoms with Gasteiger partial charge in [-0.2, -0.15) is 0 Å². The maximum absolute atomic E-state index is 12.4. The second-order valence-corrected chi connectivity index (χ2v) is 6.81. The number of hydrogen-bond acceptors (Lipinski definition) is 3. The Bertz CT molecular complexity index is 886. The van der Waals surface area contributed by atoms with Crippen molar-refractivity contribution < 1.29 is 14.3 Å². The summed E-state index contributed by atoms with van der Waals surface area (Å²) < 4.78 is 14.0. The lowest BCUT2D eigenvalue weighted by atomic mass is 10.2. The van der Waals surface area contributed by atoms with Crippen molar-refractivity contribution in [3.8, 4) is 11.4 Å². The molecular formula is C21H20BrNO3. The average molecular weight is 414 g/mol. The molecule has 0 aliphatic rings. The highest BCUT2D eigenvalue weighted by molar-refractivity contribution is 9.10. The van der Waals surface area contributed by atoms with Crippen molar-refractivity contribution in [3.05, 3.63) is 82.1 Å². The molecule has 0 aliphatic carbocycles. The number of aryl methyl sites for hydroxylation is 1. The number of hydrogen-bond donors (Lipinski definition) is 0. The summed E-state index contributed by atoms with van der Waals surface area (Å²) in [5, 5.41) is 0. The van der Waals surface area contributed by atoms with E-state index >= 15 is 0 Å². The van der Waals surface area contributed by atoms with Gasteiger partial charge in [0.25, 0.3) is 0 Å². The molecule has 0 unspecified atom stereocenters. The maximum Gasteiger partial charge on any atom is 0.340 e. The van der Waals surface area contributed by atoms with Crippen molar-refractivity contribution in [1.29, 1.82) is 0 Å². The Morgan fingerprint density at radius 3 is 2.38 bits per heavy atom. The SMILES string of the molecule is Cc1cc(C(=O)OCCOc2ccc(Br)cc2)c(C)n1-c1ccccc1. The first kappa shape index (κ1) is 18.3. The van der Waals surface area contributed by atoms with Gasteiger partial charge in [0.05, 0.1) is 5.56 Å². The van der Waals surface area contributed by atoms with Crippen molar-refractivity contribution in [2.75, 3.05) is 13.2 Å². The van der Waals surface area contributed by atoms with Gasteiger partial charge in [-0.25, -0.2) is 4.79 Å². The van der Waals surface area contributed by atoms with E-state index in [1.165, 1.54) is 0 Å². The fourth-order valence-electron chi connectivity index (χ4n) is 2.85. The van der Waals surface area contributed by atoms with Gasteiger partial charge in [-0.05, 0) is 56.3 Å². The lowest BCUT2D eigenvalue weighted by molar-refractivity contribution is 0.0449. The molecule has 0 aliphatic heterocycles. The zero-order chi connectivity index (χ0) is 18.5. The number of halogens is 1. The standard InChI is InChI=1S/C21H20BrNO3/c1-15-14-20(16(2)23(15)18-6-4-3-5-7-18)21(24)26-13-12-25-19-10-8-17(22)9-11-19/h3-11,14H,12-13H2,1-2H3. The van der Waals surface area contributed by atoms with Crippen LogP contribution in [0.5, 0.6) is 5.75 Å². The molecular weight excluding hydrogens is 394 g/mol. The zero-order valence-electron chi connectivity index (χ0n) is 14.7. The minimum atomic E-state index is -0.334. The van der Waals surface area contributed by atoms with Gasteiger partial charge in [-0.15, -0.1) is 0 Å². The molecule has 3 rings (SSSR count). The van der Waals surface area contributed by atoms with Gasteiger partial charge in [0, 0.05) is 21.5 Å². The minimum absolute atomic E-state index is 0.198. The van der Waals surface area contributed by atoms with Crippen LogP contribution in [-0.2, 0) is 4.74 Å². The third-order valence-corrected chi connectivity index (χ3v) is 4.59. The number of para-hydroxylation sites is 1. The van der Waals surface area contributed by atoms with Gasteiger partial charge in [0.15, 0.2) is 0 Å². The average Bonchev–Trinajstić information content (AvgIpc) is 2.95. The smallest absolute Gasteiger partial charge is 0.340 e. The second kappa shape index (κ2) is 8.23. The van der Waals surface area contributed by atoms with Crippen molar-refractivity contribution in [2.45, 2.75) is 13.8 Å². The molecule has 5 heteroatoms. The van der Waals surface area contributed by atoms with Crippen LogP contribution in [0.1, 0.15) is 21.7 Å². The molecule has 0 saturated heterocycles. The van der Waals surface area contributed by atoms with Crippen LogP contribution in [0.4, 0.5) is 0 Å². The summed E-state index contributed by atoms with van der Waals surface area (Å²) in [4.78, 5) is 12.4. The monoisotopic (exact) mass is 413 g/mol. The van der Waals surface area contributed by atoms with Crippen LogP contribution in [-0.4, -0.2) is 23.8 Å². The number of rotatable bonds is 6. The molecule has 1 heterocycles. The highest BCUT2D eigenvalue weighted by atomic mass is 79.9. The Kier molecular flexibility index (Phi) is 5.78. The summed E-state index contributed by atoms with van der Waals surface area (Å²) >= 11 is 3.38. The van der Waals surface area contributed by atoms with Crippen LogP contribution < -0.4 is 4.74 Å². The zero-order valence-corrected chi connectivity index (χ0v) is 16.3. The van der Waals surface area contributed by atoms with Gasteiger partial charge < -0.3 is 14.0 Å². The van der Waals surface area contributed by atoms with E-state index < -0.39 is 0 Å². The third-order valence-electron chi connectivity index (χ3n) is 4.06. The normalized spacial score (nSPS) is 10.6. The van der Waals surface area contributed by atoms with Crippen LogP contribution in [0.15, 0.2) is 65.1 Å². The van der Waals surface area contributed by atoms with E-state index in [1.54, 1.807) is 0 Å². The third kappa shape index (κ3) is 4.17. The summed E-state index contributed by atoms with van der Waals surface area (Å²) in [6, 6.07) is 19.3. The fourth-order valence-corrected chi connectivity index (χ4v) is 3.11. The molecule has 0 atom stereocenters. The van der Waals surface area contributed by atoms with Gasteiger partial charge in [-0.3, -0.25) is 0 Å². The molecule has 0 amide bonds. The van der Waals surface area contributed by atoms with Crippen LogP contribution in [0.25, 0.3) is 5.69 Å². The summed E-state index contributed by atoms with van der Waals surface area (Å²) in [5.74, 6) is 0.409. The van der Waals surface area contributed by atoms with E-state index in [-0.39, 0.29) is 12.6 Å². The molecule has 134 valence electrons. The molecule has 0 fully saturated rings. The summed E-state index contributed by atoms with van der Waals surface area (Å²) in [6.07, 6.45) is 0. The number of benzene rings is 2. The van der Waals surface area contributed by atoms with E-state index in [9.17, 15) is 4.79 Å². The molecule has 0 bridgehead atoms. The first-order valence-corrected chi connectivity index (χ1v) is 9.15. The Morgan fingerprint density at radius 1 is 1.00 bits per heavy atom. The topological polar surface area (TPSA) is 40.5 Å². The van der Waals surface area contributed by atoms with E-state index in [0.29, 0.717) is 12.2 Å². The van der Waals surface area contributed by atoms with Gasteiger partial charge in [-0.1, -0.05) is 34.1 Å². The van der Waals surface area contributed by atoms with Gasteiger partial charge in [0.1, 0.15) is 19.0 Å². The summed E-state index contributed by atoms with van der Waals surface area (Å²) in [5.41, 5.74) is 3.47. The number of ether oxygens (including phenoxy) is 2. The quantitative estimate of drug-likeness (QED) is 0.417. The second-order valence-electron chi connectivity index (χ2n) is 5.89. The van der Waals surface area contributed by atoms with E-state index in [4.69, 9.17) is 9.47 Å². The van der Waals surface area contributed by atoms with Crippen molar-refractivity contribution >= 4 is 21.9 Å². The Hall–Kier alpha value is -2.53. The largest absolute Gasteiger partial charge is 0.490 e. The number of nitrogens with zero attached hydrogens (tertiary/aromatic N) is 1. The Labute approximate surface area is 161 Å². The first-order valence-electron chi connectivity index (χ1n) is 8.36. The fraction of sp³-hybridized carbons (Fsp3) is 0.190. The van der Waals surface area contributed by atoms with E-state index in [1.807, 2.05) is 74.5 Å². The van der Waals surface area contributed by atoms with Gasteiger partial charge >= 0.3 is 5.97 Å². The maximum atomic E-state index is 12.4. The van der Waals surface area contributed by atoms with Crippen molar-refractivity contribution in [1.82, 2.24) is 4.57 Å². The van der Waals surface area contributed by atoms with E-state index in [2.05, 4.69) is 20.5 Å². The molecule has 26 heavy (non-hydrogen) atoms. The molecule has 0 N–H and O–H groups in total. The van der Waals surface area contributed by atoms with Crippen LogP contribution in [0.3, 0.4) is 0 Å². The molecule has 0 radical (unpaired) electrons. The predicted octanol–water partition coefficient (Wildman–Crippen LogP) is 5.09. The van der Waals surface area contributed by atoms with Gasteiger partial charge in [0.2, 0.25) is 0 Å². The summed E-state index contributed by atoms with van der Waals surface area (Å²) in [7, 11) is 0. The Morgan fingerprint density at radius 2 is 1.69 bits per heavy atom.